The van der Waals surface area contributed by atoms with E-state index in [1.54, 1.807) is 12.1 Å². The minimum absolute atomic E-state index is 0.0486. The first-order valence-corrected chi connectivity index (χ1v) is 12.6. The van der Waals surface area contributed by atoms with E-state index in [0.717, 1.165) is 0 Å². The molecule has 0 aromatic heterocycles. The summed E-state index contributed by atoms with van der Waals surface area (Å²) < 4.78 is 75.3. The average molecular weight is 441 g/mol. The van der Waals surface area contributed by atoms with Crippen molar-refractivity contribution in [3.05, 3.63) is 71.5 Å². The van der Waals surface area contributed by atoms with Crippen molar-refractivity contribution in [1.82, 2.24) is 5.43 Å². The van der Waals surface area contributed by atoms with E-state index in [-0.39, 0.29) is 16.3 Å². The molecule has 1 unspecified atom stereocenters. The third-order valence-corrected chi connectivity index (χ3v) is 9.23. The zero-order chi connectivity index (χ0) is 20.4. The Bertz CT molecular complexity index is 1230. The van der Waals surface area contributed by atoms with Crippen LogP contribution in [-0.2, 0) is 29.5 Å². The van der Waals surface area contributed by atoms with Crippen LogP contribution in [0.2, 0.25) is 0 Å². The van der Waals surface area contributed by atoms with Crippen molar-refractivity contribution in [2.75, 3.05) is 6.54 Å². The van der Waals surface area contributed by atoms with Crippen molar-refractivity contribution in [2.24, 2.45) is 5.10 Å². The maximum absolute atomic E-state index is 12.8. The summed E-state index contributed by atoms with van der Waals surface area (Å²) in [6.45, 7) is -0.231. The van der Waals surface area contributed by atoms with Crippen LogP contribution < -0.4 is 5.43 Å². The van der Waals surface area contributed by atoms with Crippen molar-refractivity contribution in [3.63, 3.8) is 0 Å². The fraction of sp³-hybridized carbons (Fsp3) is 0.118. The topological polar surface area (TPSA) is 127 Å². The Balaban J connectivity index is 1.94. The van der Waals surface area contributed by atoms with Gasteiger partial charge in [-0.25, -0.2) is 25.3 Å². The molecule has 0 spiro atoms. The van der Waals surface area contributed by atoms with Gasteiger partial charge in [-0.2, -0.15) is 5.10 Å². The van der Waals surface area contributed by atoms with E-state index in [0.29, 0.717) is 10.8 Å². The average Bonchev–Trinajstić information content (AvgIpc) is 3.20. The number of hydrogen-bond acceptors (Lipinski definition) is 8. The number of nitrogens with one attached hydrogen (secondary N) is 1. The maximum atomic E-state index is 12.8. The summed E-state index contributed by atoms with van der Waals surface area (Å²) in [7, 11) is -12.4. The molecule has 0 fully saturated rings. The highest BCUT2D eigenvalue weighted by Crippen LogP contribution is 2.22. The van der Waals surface area contributed by atoms with Gasteiger partial charge in [0, 0.05) is 10.8 Å². The molecule has 0 saturated heterocycles. The fourth-order valence-electron chi connectivity index (χ4n) is 2.53. The molecular weight excluding hydrogens is 424 g/mol. The van der Waals surface area contributed by atoms with Gasteiger partial charge in [-0.1, -0.05) is 36.4 Å². The highest BCUT2D eigenvalue weighted by atomic mass is 32.2. The molecule has 1 N–H and O–H groups in total. The van der Waals surface area contributed by atoms with Crippen LogP contribution in [0.25, 0.3) is 0 Å². The molecule has 3 rings (SSSR count). The molecule has 148 valence electrons. The molecule has 1 aliphatic heterocycles. The molecule has 8 nitrogen and oxygen atoms in total. The van der Waals surface area contributed by atoms with E-state index in [1.165, 1.54) is 48.5 Å². The molecule has 2 aromatic rings. The monoisotopic (exact) mass is 440 g/mol. The smallest absolute Gasteiger partial charge is 0.217 e. The lowest BCUT2D eigenvalue weighted by Crippen LogP contribution is -2.35. The first kappa shape index (κ1) is 20.2. The van der Waals surface area contributed by atoms with Gasteiger partial charge < -0.3 is 5.43 Å². The standard InChI is InChI=1S/C17H16N2O6S3/c20-26(21,14-7-3-1-4-8-14)11-12-27(22,23)17-16(13-18-19-17)28(24,25)15-9-5-2-6-10-15/h1-12,16,18H,13H2/b12-11+. The van der Waals surface area contributed by atoms with Crippen molar-refractivity contribution < 1.29 is 25.3 Å². The van der Waals surface area contributed by atoms with Crippen LogP contribution in [0, 0.1) is 0 Å². The first-order chi connectivity index (χ1) is 13.1. The summed E-state index contributed by atoms with van der Waals surface area (Å²) in [6.07, 6.45) is 0. The first-order valence-electron chi connectivity index (χ1n) is 7.97. The Morgan fingerprint density at radius 2 is 1.25 bits per heavy atom. The lowest BCUT2D eigenvalue weighted by molar-refractivity contribution is 0.588. The molecule has 0 radical (unpaired) electrons. The molecule has 0 bridgehead atoms. The summed E-state index contributed by atoms with van der Waals surface area (Å²) in [5, 5.41) is 2.51. The molecule has 0 aliphatic carbocycles. The number of rotatable bonds is 5. The van der Waals surface area contributed by atoms with Gasteiger partial charge in [-0.3, -0.25) is 0 Å². The highest BCUT2D eigenvalue weighted by Gasteiger charge is 2.41. The van der Waals surface area contributed by atoms with Crippen LogP contribution in [0.4, 0.5) is 0 Å². The molecule has 28 heavy (non-hydrogen) atoms. The largest absolute Gasteiger partial charge is 0.307 e. The SMILES string of the molecule is O=S(=O)(/C=C/S(=O)(=O)c1ccccc1)C1=NNCC1S(=O)(=O)c1ccccc1. The maximum Gasteiger partial charge on any atom is 0.217 e. The van der Waals surface area contributed by atoms with Crippen LogP contribution >= 0.6 is 0 Å². The third-order valence-electron chi connectivity index (χ3n) is 3.96. The number of sulfone groups is 3. The van der Waals surface area contributed by atoms with Gasteiger partial charge in [-0.05, 0) is 24.3 Å². The lowest BCUT2D eigenvalue weighted by Gasteiger charge is -2.12. The Morgan fingerprint density at radius 1 is 0.750 bits per heavy atom. The number of hydrogen-bond donors (Lipinski definition) is 1. The van der Waals surface area contributed by atoms with E-state index < -0.39 is 39.8 Å². The Hall–Kier alpha value is -2.50. The van der Waals surface area contributed by atoms with Gasteiger partial charge >= 0.3 is 0 Å². The molecule has 1 aliphatic rings. The van der Waals surface area contributed by atoms with Crippen LogP contribution in [-0.4, -0.2) is 42.1 Å². The summed E-state index contributed by atoms with van der Waals surface area (Å²) in [6, 6.07) is 14.7. The van der Waals surface area contributed by atoms with Crippen molar-refractivity contribution in [2.45, 2.75) is 15.0 Å². The van der Waals surface area contributed by atoms with E-state index in [9.17, 15) is 25.3 Å². The zero-order valence-corrected chi connectivity index (χ0v) is 16.8. The number of nitrogens with zero attached hydrogens (tertiary/aromatic N) is 1. The molecule has 1 heterocycles. The van der Waals surface area contributed by atoms with Gasteiger partial charge in [-0.15, -0.1) is 0 Å². The molecular formula is C17H16N2O6S3. The van der Waals surface area contributed by atoms with Gasteiger partial charge in [0.2, 0.25) is 19.7 Å². The van der Waals surface area contributed by atoms with Crippen molar-refractivity contribution >= 4 is 34.6 Å². The Morgan fingerprint density at radius 3 is 1.82 bits per heavy atom. The zero-order valence-electron chi connectivity index (χ0n) is 14.3. The predicted molar refractivity (Wildman–Crippen MR) is 105 cm³/mol. The number of hydrazone groups is 1. The quantitative estimate of drug-likeness (QED) is 0.738. The van der Waals surface area contributed by atoms with Crippen LogP contribution in [0.5, 0.6) is 0 Å². The van der Waals surface area contributed by atoms with Crippen LogP contribution in [0.1, 0.15) is 0 Å². The van der Waals surface area contributed by atoms with Crippen LogP contribution in [0.15, 0.2) is 86.4 Å². The number of benzene rings is 2. The second kappa shape index (κ2) is 7.49. The molecule has 1 atom stereocenters. The second-order valence-electron chi connectivity index (χ2n) is 5.83. The van der Waals surface area contributed by atoms with Gasteiger partial charge in [0.05, 0.1) is 16.3 Å². The third kappa shape index (κ3) is 4.01. The lowest BCUT2D eigenvalue weighted by atomic mass is 10.4. The van der Waals surface area contributed by atoms with Crippen LogP contribution in [0.3, 0.4) is 0 Å². The summed E-state index contributed by atoms with van der Waals surface area (Å²) >= 11 is 0. The summed E-state index contributed by atoms with van der Waals surface area (Å²) in [4.78, 5) is -0.131. The van der Waals surface area contributed by atoms with Gasteiger partial charge in [0.1, 0.15) is 5.25 Å². The minimum atomic E-state index is -4.39. The Kier molecular flexibility index (Phi) is 5.41. The molecule has 0 amide bonds. The molecule has 0 saturated carbocycles. The van der Waals surface area contributed by atoms with Crippen molar-refractivity contribution in [1.29, 1.82) is 0 Å². The molecule has 2 aromatic carbocycles. The normalized spacial score (nSPS) is 18.0. The highest BCUT2D eigenvalue weighted by molar-refractivity contribution is 8.11. The van der Waals surface area contributed by atoms with E-state index >= 15 is 0 Å². The van der Waals surface area contributed by atoms with Gasteiger partial charge in [0.15, 0.2) is 14.9 Å². The minimum Gasteiger partial charge on any atom is -0.307 e. The van der Waals surface area contributed by atoms with E-state index in [1.807, 2.05) is 0 Å². The van der Waals surface area contributed by atoms with E-state index in [2.05, 4.69) is 10.5 Å². The molecule has 11 heteroatoms. The van der Waals surface area contributed by atoms with Gasteiger partial charge in [0.25, 0.3) is 0 Å². The predicted octanol–water partition coefficient (Wildman–Crippen LogP) is 1.11. The second-order valence-corrected chi connectivity index (χ2v) is 11.6. The Labute approximate surface area is 163 Å². The summed E-state index contributed by atoms with van der Waals surface area (Å²) in [5.41, 5.74) is 2.38. The summed E-state index contributed by atoms with van der Waals surface area (Å²) in [5.74, 6) is 0. The fourth-order valence-corrected chi connectivity index (χ4v) is 7.44. The van der Waals surface area contributed by atoms with Crippen molar-refractivity contribution in [3.8, 4) is 0 Å². The van der Waals surface area contributed by atoms with E-state index in [4.69, 9.17) is 0 Å².